The van der Waals surface area contributed by atoms with Gasteiger partial charge in [-0.05, 0) is 6.07 Å². The SMILES string of the molecule is CN(C[C@@H](O)CN)S(=O)(=O)c1ccccc1[N+](=O)[O-]. The summed E-state index contributed by atoms with van der Waals surface area (Å²) in [5, 5.41) is 20.2. The maximum absolute atomic E-state index is 12.2. The quantitative estimate of drug-likeness (QED) is 0.538. The van der Waals surface area contributed by atoms with Crippen LogP contribution in [0.4, 0.5) is 5.69 Å². The number of sulfonamides is 1. The van der Waals surface area contributed by atoms with Crippen molar-refractivity contribution in [2.24, 2.45) is 5.73 Å². The van der Waals surface area contributed by atoms with Crippen LogP contribution in [0.25, 0.3) is 0 Å². The Kier molecular flexibility index (Phi) is 4.95. The maximum Gasteiger partial charge on any atom is 0.289 e. The van der Waals surface area contributed by atoms with Gasteiger partial charge >= 0.3 is 0 Å². The molecule has 9 heteroatoms. The van der Waals surface area contributed by atoms with E-state index in [4.69, 9.17) is 5.73 Å². The van der Waals surface area contributed by atoms with Crippen LogP contribution in [0.3, 0.4) is 0 Å². The second kappa shape index (κ2) is 6.06. The zero-order chi connectivity index (χ0) is 14.6. The highest BCUT2D eigenvalue weighted by Crippen LogP contribution is 2.25. The van der Waals surface area contributed by atoms with Gasteiger partial charge in [-0.2, -0.15) is 4.31 Å². The fraction of sp³-hybridized carbons (Fsp3) is 0.400. The molecule has 3 N–H and O–H groups in total. The Bertz CT molecular complexity index is 560. The van der Waals surface area contributed by atoms with Gasteiger partial charge in [-0.1, -0.05) is 12.1 Å². The van der Waals surface area contributed by atoms with Crippen LogP contribution >= 0.6 is 0 Å². The summed E-state index contributed by atoms with van der Waals surface area (Å²) in [5.74, 6) is 0. The molecule has 0 amide bonds. The molecule has 0 unspecified atom stereocenters. The Hall–Kier alpha value is -1.55. The molecule has 0 aliphatic heterocycles. The topological polar surface area (TPSA) is 127 Å². The fourth-order valence-corrected chi connectivity index (χ4v) is 2.82. The van der Waals surface area contributed by atoms with Crippen LogP contribution in [0.5, 0.6) is 0 Å². The molecule has 19 heavy (non-hydrogen) atoms. The lowest BCUT2D eigenvalue weighted by atomic mass is 10.3. The van der Waals surface area contributed by atoms with E-state index in [0.717, 1.165) is 16.4 Å². The number of nitro groups is 1. The minimum Gasteiger partial charge on any atom is -0.390 e. The Morgan fingerprint density at radius 2 is 2.05 bits per heavy atom. The molecule has 1 aromatic rings. The Morgan fingerprint density at radius 1 is 1.47 bits per heavy atom. The van der Waals surface area contributed by atoms with Gasteiger partial charge in [-0.3, -0.25) is 10.1 Å². The smallest absolute Gasteiger partial charge is 0.289 e. The predicted octanol–water partition coefficient (Wildman–Crippen LogP) is -0.465. The molecule has 0 saturated carbocycles. The van der Waals surface area contributed by atoms with Crippen LogP contribution in [0.15, 0.2) is 29.2 Å². The molecule has 8 nitrogen and oxygen atoms in total. The Balaban J connectivity index is 3.17. The average Bonchev–Trinajstić information content (AvgIpc) is 2.38. The molecule has 0 spiro atoms. The molecular weight excluding hydrogens is 274 g/mol. The summed E-state index contributed by atoms with van der Waals surface area (Å²) in [7, 11) is -2.82. The summed E-state index contributed by atoms with van der Waals surface area (Å²) < 4.78 is 25.2. The van der Waals surface area contributed by atoms with Gasteiger partial charge in [-0.25, -0.2) is 8.42 Å². The summed E-state index contributed by atoms with van der Waals surface area (Å²) in [4.78, 5) is 9.65. The summed E-state index contributed by atoms with van der Waals surface area (Å²) in [6.45, 7) is -0.332. The van der Waals surface area contributed by atoms with Crippen molar-refractivity contribution in [2.75, 3.05) is 20.1 Å². The van der Waals surface area contributed by atoms with Gasteiger partial charge in [-0.15, -0.1) is 0 Å². The summed E-state index contributed by atoms with van der Waals surface area (Å²) in [6.07, 6.45) is -1.03. The number of benzene rings is 1. The number of aliphatic hydroxyl groups is 1. The first-order valence-electron chi connectivity index (χ1n) is 5.38. The first kappa shape index (κ1) is 15.5. The van der Waals surface area contributed by atoms with Crippen LogP contribution in [-0.4, -0.2) is 49.0 Å². The molecule has 0 heterocycles. The van der Waals surface area contributed by atoms with Gasteiger partial charge in [0, 0.05) is 26.2 Å². The number of nitro benzene ring substituents is 1. The van der Waals surface area contributed by atoms with Crippen molar-refractivity contribution in [1.29, 1.82) is 0 Å². The van der Waals surface area contributed by atoms with Crippen molar-refractivity contribution in [2.45, 2.75) is 11.0 Å². The van der Waals surface area contributed by atoms with E-state index < -0.39 is 31.6 Å². The molecule has 106 valence electrons. The van der Waals surface area contributed by atoms with E-state index in [1.165, 1.54) is 19.2 Å². The van der Waals surface area contributed by atoms with Gasteiger partial charge < -0.3 is 10.8 Å². The molecule has 1 rings (SSSR count). The highest BCUT2D eigenvalue weighted by molar-refractivity contribution is 7.89. The molecule has 0 saturated heterocycles. The fourth-order valence-electron chi connectivity index (χ4n) is 1.46. The summed E-state index contributed by atoms with van der Waals surface area (Å²) >= 11 is 0. The lowest BCUT2D eigenvalue weighted by Crippen LogP contribution is -2.37. The number of nitrogens with two attached hydrogens (primary N) is 1. The van der Waals surface area contributed by atoms with Crippen molar-refractivity contribution in [3.63, 3.8) is 0 Å². The monoisotopic (exact) mass is 289 g/mol. The Morgan fingerprint density at radius 3 is 2.58 bits per heavy atom. The first-order chi connectivity index (χ1) is 8.80. The van der Waals surface area contributed by atoms with E-state index >= 15 is 0 Å². The van der Waals surface area contributed by atoms with Crippen LogP contribution in [0.1, 0.15) is 0 Å². The molecule has 0 fully saturated rings. The number of hydrogen-bond acceptors (Lipinski definition) is 6. The number of para-hydroxylation sites is 1. The average molecular weight is 289 g/mol. The van der Waals surface area contributed by atoms with E-state index in [1.807, 2.05) is 0 Å². The third-order valence-electron chi connectivity index (χ3n) is 2.49. The van der Waals surface area contributed by atoms with Gasteiger partial charge in [0.15, 0.2) is 4.90 Å². The third-order valence-corrected chi connectivity index (χ3v) is 4.36. The minimum absolute atomic E-state index is 0.100. The van der Waals surface area contributed by atoms with Crippen LogP contribution in [-0.2, 0) is 10.0 Å². The van der Waals surface area contributed by atoms with Crippen LogP contribution in [0.2, 0.25) is 0 Å². The zero-order valence-corrected chi connectivity index (χ0v) is 11.1. The van der Waals surface area contributed by atoms with Crippen molar-refractivity contribution >= 4 is 15.7 Å². The third kappa shape index (κ3) is 3.47. The maximum atomic E-state index is 12.2. The molecule has 0 aliphatic rings. The normalized spacial score (nSPS) is 13.5. The first-order valence-corrected chi connectivity index (χ1v) is 6.82. The van der Waals surface area contributed by atoms with E-state index in [9.17, 15) is 23.6 Å². The minimum atomic E-state index is -4.04. The van der Waals surface area contributed by atoms with Crippen molar-refractivity contribution in [3.8, 4) is 0 Å². The molecule has 0 aromatic heterocycles. The number of aliphatic hydroxyl groups excluding tert-OH is 1. The second-order valence-corrected chi connectivity index (χ2v) is 5.91. The zero-order valence-electron chi connectivity index (χ0n) is 10.3. The van der Waals surface area contributed by atoms with Crippen molar-refractivity contribution in [1.82, 2.24) is 4.31 Å². The molecule has 0 radical (unpaired) electrons. The number of hydrogen-bond donors (Lipinski definition) is 2. The van der Waals surface area contributed by atoms with Crippen molar-refractivity contribution in [3.05, 3.63) is 34.4 Å². The summed E-state index contributed by atoms with van der Waals surface area (Å²) in [6, 6.07) is 5.04. The van der Waals surface area contributed by atoms with Crippen LogP contribution < -0.4 is 5.73 Å². The van der Waals surface area contributed by atoms with E-state index in [0.29, 0.717) is 0 Å². The molecule has 0 bridgehead atoms. The van der Waals surface area contributed by atoms with Crippen LogP contribution in [0, 0.1) is 10.1 Å². The molecule has 0 aliphatic carbocycles. The van der Waals surface area contributed by atoms with Crippen molar-refractivity contribution < 1.29 is 18.4 Å². The summed E-state index contributed by atoms with van der Waals surface area (Å²) in [5.41, 5.74) is 4.70. The Labute approximate surface area is 110 Å². The van der Waals surface area contributed by atoms with Gasteiger partial charge in [0.1, 0.15) is 0 Å². The molecule has 1 atom stereocenters. The standard InChI is InChI=1S/C10H15N3O5S/c1-12(7-8(14)6-11)19(17,18)10-5-3-2-4-9(10)13(15)16/h2-5,8,14H,6-7,11H2,1H3/t8-/m0/s1. The van der Waals surface area contributed by atoms with Gasteiger partial charge in [0.25, 0.3) is 5.69 Å². The number of rotatable bonds is 6. The van der Waals surface area contributed by atoms with E-state index in [-0.39, 0.29) is 13.1 Å². The molecule has 1 aromatic carbocycles. The molecular formula is C10H15N3O5S. The number of likely N-dealkylation sites (N-methyl/N-ethyl adjacent to an activating group) is 1. The predicted molar refractivity (Wildman–Crippen MR) is 68.0 cm³/mol. The lowest BCUT2D eigenvalue weighted by Gasteiger charge is -2.19. The lowest BCUT2D eigenvalue weighted by molar-refractivity contribution is -0.387. The number of nitrogens with zero attached hydrogens (tertiary/aromatic N) is 2. The highest BCUT2D eigenvalue weighted by atomic mass is 32.2. The van der Waals surface area contributed by atoms with Gasteiger partial charge in [0.2, 0.25) is 10.0 Å². The van der Waals surface area contributed by atoms with E-state index in [2.05, 4.69) is 0 Å². The largest absolute Gasteiger partial charge is 0.390 e. The van der Waals surface area contributed by atoms with Gasteiger partial charge in [0.05, 0.1) is 11.0 Å². The second-order valence-electron chi connectivity index (χ2n) is 3.90. The van der Waals surface area contributed by atoms with E-state index in [1.54, 1.807) is 0 Å². The highest BCUT2D eigenvalue weighted by Gasteiger charge is 2.29.